The average molecular weight is 476 g/mol. The molecule has 4 rings (SSSR count). The quantitative estimate of drug-likeness (QED) is 0.502. The molecule has 2 atom stereocenters. The monoisotopic (exact) mass is 475 g/mol. The zero-order valence-electron chi connectivity index (χ0n) is 20.8. The largest absolute Gasteiger partial charge is 0.404 e. The minimum absolute atomic E-state index is 0.0214. The van der Waals surface area contributed by atoms with Crippen molar-refractivity contribution in [1.29, 1.82) is 0 Å². The number of ether oxygens (including phenoxy) is 1. The van der Waals surface area contributed by atoms with Crippen molar-refractivity contribution in [2.24, 2.45) is 16.6 Å². The topological polar surface area (TPSA) is 92.8 Å². The first-order valence-electron chi connectivity index (χ1n) is 12.6. The molecule has 1 aliphatic carbocycles. The van der Waals surface area contributed by atoms with Crippen molar-refractivity contribution < 1.29 is 9.53 Å². The van der Waals surface area contributed by atoms with E-state index in [1.165, 1.54) is 5.56 Å². The number of carbonyl (C=O) groups is 1. The van der Waals surface area contributed by atoms with Crippen LogP contribution in [0.15, 0.2) is 53.9 Å². The van der Waals surface area contributed by atoms with Gasteiger partial charge in [-0.15, -0.1) is 0 Å². The number of nitrogens with zero attached hydrogens (tertiary/aromatic N) is 3. The van der Waals surface area contributed by atoms with E-state index in [4.69, 9.17) is 10.5 Å². The summed E-state index contributed by atoms with van der Waals surface area (Å²) in [4.78, 5) is 24.3. The highest BCUT2D eigenvalue weighted by atomic mass is 16.5. The number of nitrogens with two attached hydrogens (primary N) is 1. The van der Waals surface area contributed by atoms with Crippen LogP contribution in [-0.4, -0.2) is 54.4 Å². The smallest absolute Gasteiger partial charge is 0.227 e. The molecule has 3 N–H and O–H groups in total. The number of nitrogens with one attached hydrogen (secondary N) is 1. The third-order valence-corrected chi connectivity index (χ3v) is 6.73. The summed E-state index contributed by atoms with van der Waals surface area (Å²) in [5.74, 6) is 0.00393. The van der Waals surface area contributed by atoms with Crippen LogP contribution in [0.4, 0.5) is 5.69 Å². The number of hydrogen-bond acceptors (Lipinski definition) is 6. The van der Waals surface area contributed by atoms with Crippen molar-refractivity contribution in [2.75, 3.05) is 31.6 Å². The number of anilines is 1. The lowest BCUT2D eigenvalue weighted by molar-refractivity contribution is -0.119. The second-order valence-electron chi connectivity index (χ2n) is 9.71. The van der Waals surface area contributed by atoms with Crippen molar-refractivity contribution in [3.05, 3.63) is 65.6 Å². The first kappa shape index (κ1) is 25.1. The van der Waals surface area contributed by atoms with Crippen LogP contribution in [0.25, 0.3) is 5.57 Å². The third-order valence-electron chi connectivity index (χ3n) is 6.73. The van der Waals surface area contributed by atoms with Crippen LogP contribution in [0.3, 0.4) is 0 Å². The van der Waals surface area contributed by atoms with Crippen LogP contribution < -0.4 is 11.1 Å². The molecule has 7 nitrogen and oxygen atoms in total. The molecule has 0 spiro atoms. The number of rotatable bonds is 10. The summed E-state index contributed by atoms with van der Waals surface area (Å²) >= 11 is 0. The van der Waals surface area contributed by atoms with E-state index >= 15 is 0 Å². The Morgan fingerprint density at radius 1 is 1.23 bits per heavy atom. The van der Waals surface area contributed by atoms with E-state index in [0.717, 1.165) is 68.1 Å². The standard InChI is InChI=1S/C28H37N5O2/c1-20(27-18-30-10-9-26(27)23(16-29)17-31-24-7-8-24)15-21(2)28(34)32-25-5-3-22(4-6-25)19-33-11-13-35-14-12-33/h3-6,9-10,16-18,20-21,24H,7-8,11-15,19,29H2,1-2H3,(H,32,34). The van der Waals surface area contributed by atoms with Crippen LogP contribution in [0.2, 0.25) is 0 Å². The van der Waals surface area contributed by atoms with Gasteiger partial charge in [-0.25, -0.2) is 0 Å². The summed E-state index contributed by atoms with van der Waals surface area (Å²) in [7, 11) is 0. The molecule has 0 bridgehead atoms. The molecular weight excluding hydrogens is 438 g/mol. The highest BCUT2D eigenvalue weighted by Crippen LogP contribution is 2.30. The van der Waals surface area contributed by atoms with Crippen molar-refractivity contribution in [3.8, 4) is 0 Å². The molecule has 0 radical (unpaired) electrons. The maximum atomic E-state index is 12.9. The Labute approximate surface area is 208 Å². The molecule has 1 aromatic heterocycles. The highest BCUT2D eigenvalue weighted by Gasteiger charge is 2.22. The van der Waals surface area contributed by atoms with Gasteiger partial charge in [0.1, 0.15) is 0 Å². The number of morpholine rings is 1. The van der Waals surface area contributed by atoms with Crippen molar-refractivity contribution in [3.63, 3.8) is 0 Å². The normalized spacial score (nSPS) is 19.0. The number of amides is 1. The zero-order valence-corrected chi connectivity index (χ0v) is 20.8. The molecule has 35 heavy (non-hydrogen) atoms. The first-order chi connectivity index (χ1) is 17.0. The summed E-state index contributed by atoms with van der Waals surface area (Å²) in [6.07, 6.45) is 10.1. The number of hydrogen-bond donors (Lipinski definition) is 2. The predicted molar refractivity (Wildman–Crippen MR) is 141 cm³/mol. The highest BCUT2D eigenvalue weighted by molar-refractivity contribution is 6.10. The molecule has 186 valence electrons. The predicted octanol–water partition coefficient (Wildman–Crippen LogP) is 4.22. The van der Waals surface area contributed by atoms with E-state index in [0.29, 0.717) is 12.5 Å². The second kappa shape index (κ2) is 12.1. The summed E-state index contributed by atoms with van der Waals surface area (Å²) in [5.41, 5.74) is 11.0. The molecule has 1 saturated carbocycles. The number of benzene rings is 1. The van der Waals surface area contributed by atoms with E-state index in [1.54, 1.807) is 12.4 Å². The number of aromatic nitrogens is 1. The lowest BCUT2D eigenvalue weighted by Gasteiger charge is -2.26. The van der Waals surface area contributed by atoms with Crippen LogP contribution in [0.5, 0.6) is 0 Å². The second-order valence-corrected chi connectivity index (χ2v) is 9.71. The van der Waals surface area contributed by atoms with Gasteiger partial charge in [0, 0.05) is 61.6 Å². The fraction of sp³-hybridized carbons (Fsp3) is 0.464. The van der Waals surface area contributed by atoms with Gasteiger partial charge in [0.05, 0.1) is 19.3 Å². The molecule has 2 fully saturated rings. The number of pyridine rings is 1. The molecule has 2 aliphatic rings. The maximum absolute atomic E-state index is 12.9. The Hall–Kier alpha value is -3.03. The number of aliphatic imine (C=N–C) groups is 1. The van der Waals surface area contributed by atoms with Gasteiger partial charge in [-0.2, -0.15) is 0 Å². The van der Waals surface area contributed by atoms with E-state index in [1.807, 2.05) is 37.5 Å². The molecule has 1 aromatic carbocycles. The zero-order chi connectivity index (χ0) is 24.6. The summed E-state index contributed by atoms with van der Waals surface area (Å²) in [5, 5.41) is 3.08. The fourth-order valence-electron chi connectivity index (χ4n) is 4.41. The molecule has 1 saturated heterocycles. The van der Waals surface area contributed by atoms with Gasteiger partial charge in [0.2, 0.25) is 5.91 Å². The lowest BCUT2D eigenvalue weighted by atomic mass is 9.87. The third kappa shape index (κ3) is 7.23. The first-order valence-corrected chi connectivity index (χ1v) is 12.6. The van der Waals surface area contributed by atoms with Gasteiger partial charge in [-0.3, -0.25) is 19.7 Å². The van der Waals surface area contributed by atoms with Crippen LogP contribution >= 0.6 is 0 Å². The fourth-order valence-corrected chi connectivity index (χ4v) is 4.41. The Kier molecular flexibility index (Phi) is 8.66. The summed E-state index contributed by atoms with van der Waals surface area (Å²) < 4.78 is 5.42. The molecule has 2 heterocycles. The Bertz CT molecular complexity index is 1040. The van der Waals surface area contributed by atoms with Crippen LogP contribution in [0.1, 0.15) is 55.7 Å². The van der Waals surface area contributed by atoms with E-state index in [-0.39, 0.29) is 17.7 Å². The van der Waals surface area contributed by atoms with Crippen molar-refractivity contribution in [1.82, 2.24) is 9.88 Å². The van der Waals surface area contributed by atoms with E-state index < -0.39 is 0 Å². The minimum atomic E-state index is -0.156. The Balaban J connectivity index is 1.33. The summed E-state index contributed by atoms with van der Waals surface area (Å²) in [6.45, 7) is 8.53. The van der Waals surface area contributed by atoms with Gasteiger partial charge < -0.3 is 15.8 Å². The van der Waals surface area contributed by atoms with Crippen molar-refractivity contribution >= 4 is 23.4 Å². The Morgan fingerprint density at radius 3 is 2.66 bits per heavy atom. The molecular formula is C28H37N5O2. The molecule has 7 heteroatoms. The van der Waals surface area contributed by atoms with Gasteiger partial charge in [-0.05, 0) is 60.1 Å². The van der Waals surface area contributed by atoms with Crippen molar-refractivity contribution in [2.45, 2.75) is 51.6 Å². The van der Waals surface area contributed by atoms with Gasteiger partial charge in [0.15, 0.2) is 0 Å². The van der Waals surface area contributed by atoms with Crippen LogP contribution in [0, 0.1) is 5.92 Å². The van der Waals surface area contributed by atoms with Gasteiger partial charge >= 0.3 is 0 Å². The molecule has 1 aliphatic heterocycles. The maximum Gasteiger partial charge on any atom is 0.227 e. The van der Waals surface area contributed by atoms with E-state index in [2.05, 4.69) is 39.2 Å². The molecule has 2 unspecified atom stereocenters. The van der Waals surface area contributed by atoms with Crippen LogP contribution in [-0.2, 0) is 16.1 Å². The lowest BCUT2D eigenvalue weighted by Crippen LogP contribution is -2.35. The molecule has 1 amide bonds. The average Bonchev–Trinajstić information content (AvgIpc) is 3.71. The SMILES string of the molecule is CC(CC(C)c1cnccc1C(C=NC1CC1)=CN)C(=O)Nc1ccc(CN2CCOCC2)cc1. The van der Waals surface area contributed by atoms with Gasteiger partial charge in [0.25, 0.3) is 0 Å². The minimum Gasteiger partial charge on any atom is -0.404 e. The molecule has 2 aromatic rings. The summed E-state index contributed by atoms with van der Waals surface area (Å²) in [6, 6.07) is 10.6. The number of carbonyl (C=O) groups excluding carboxylic acids is 1. The number of allylic oxidation sites excluding steroid dienone is 1. The van der Waals surface area contributed by atoms with Gasteiger partial charge in [-0.1, -0.05) is 26.0 Å². The Morgan fingerprint density at radius 2 is 1.97 bits per heavy atom. The van der Waals surface area contributed by atoms with E-state index in [9.17, 15) is 4.79 Å².